The van der Waals surface area contributed by atoms with Gasteiger partial charge in [-0.05, 0) is 41.7 Å². The van der Waals surface area contributed by atoms with E-state index >= 15 is 0 Å². The molecule has 3 N–H and O–H groups in total. The first-order valence-electron chi connectivity index (χ1n) is 6.93. The molecule has 2 aromatic carbocycles. The Hall–Kier alpha value is -2.13. The molecule has 102 valence electrons. The van der Waals surface area contributed by atoms with E-state index in [0.717, 1.165) is 18.4 Å². The van der Waals surface area contributed by atoms with Crippen LogP contribution in [0.2, 0.25) is 0 Å². The van der Waals surface area contributed by atoms with Gasteiger partial charge < -0.3 is 11.1 Å². The van der Waals surface area contributed by atoms with E-state index in [9.17, 15) is 4.79 Å². The highest BCUT2D eigenvalue weighted by atomic mass is 16.1. The maximum Gasteiger partial charge on any atom is 0.251 e. The molecule has 0 spiro atoms. The van der Waals surface area contributed by atoms with Crippen molar-refractivity contribution in [1.82, 2.24) is 5.32 Å². The molecule has 20 heavy (non-hydrogen) atoms. The standard InChI is InChI=1S/C17H18N2O/c18-11-12-5-7-13(8-6-12)17(20)19-16-9-14-3-1-2-4-15(14)10-16/h1-8,16H,9-11,18H2,(H,19,20). The summed E-state index contributed by atoms with van der Waals surface area (Å²) in [4.78, 5) is 12.2. The summed E-state index contributed by atoms with van der Waals surface area (Å²) < 4.78 is 0. The summed E-state index contributed by atoms with van der Waals surface area (Å²) in [6.07, 6.45) is 1.84. The summed E-state index contributed by atoms with van der Waals surface area (Å²) in [5.41, 5.74) is 9.97. The highest BCUT2D eigenvalue weighted by Crippen LogP contribution is 2.21. The number of rotatable bonds is 3. The molecule has 0 saturated heterocycles. The molecule has 0 atom stereocenters. The topological polar surface area (TPSA) is 55.1 Å². The summed E-state index contributed by atoms with van der Waals surface area (Å²) >= 11 is 0. The van der Waals surface area contributed by atoms with Crippen LogP contribution in [-0.2, 0) is 19.4 Å². The summed E-state index contributed by atoms with van der Waals surface area (Å²) in [6.45, 7) is 0.500. The Morgan fingerprint density at radius 3 is 2.20 bits per heavy atom. The molecule has 1 amide bonds. The van der Waals surface area contributed by atoms with Crippen LogP contribution in [0.3, 0.4) is 0 Å². The number of amides is 1. The van der Waals surface area contributed by atoms with Crippen LogP contribution in [0.5, 0.6) is 0 Å². The number of nitrogens with two attached hydrogens (primary N) is 1. The van der Waals surface area contributed by atoms with E-state index < -0.39 is 0 Å². The molecule has 3 rings (SSSR count). The minimum Gasteiger partial charge on any atom is -0.349 e. The second-order valence-corrected chi connectivity index (χ2v) is 5.25. The predicted molar refractivity (Wildman–Crippen MR) is 79.4 cm³/mol. The average molecular weight is 266 g/mol. The summed E-state index contributed by atoms with van der Waals surface area (Å²) in [5.74, 6) is -0.00798. The van der Waals surface area contributed by atoms with E-state index in [-0.39, 0.29) is 11.9 Å². The van der Waals surface area contributed by atoms with Gasteiger partial charge in [0.15, 0.2) is 0 Å². The number of nitrogens with one attached hydrogen (secondary N) is 1. The molecule has 0 radical (unpaired) electrons. The van der Waals surface area contributed by atoms with E-state index in [1.165, 1.54) is 11.1 Å². The highest BCUT2D eigenvalue weighted by Gasteiger charge is 2.22. The van der Waals surface area contributed by atoms with Gasteiger partial charge in [0.2, 0.25) is 0 Å². The van der Waals surface area contributed by atoms with Crippen molar-refractivity contribution in [3.63, 3.8) is 0 Å². The Labute approximate surface area is 118 Å². The molecule has 2 aromatic rings. The maximum absolute atomic E-state index is 12.2. The van der Waals surface area contributed by atoms with E-state index in [2.05, 4.69) is 29.6 Å². The first kappa shape index (κ1) is 12.9. The molecule has 1 aliphatic rings. The summed E-state index contributed by atoms with van der Waals surface area (Å²) in [6, 6.07) is 16.0. The fourth-order valence-corrected chi connectivity index (χ4v) is 2.72. The molecule has 0 bridgehead atoms. The zero-order valence-electron chi connectivity index (χ0n) is 11.3. The molecule has 1 aliphatic carbocycles. The number of hydrogen-bond acceptors (Lipinski definition) is 2. The van der Waals surface area contributed by atoms with E-state index in [0.29, 0.717) is 12.1 Å². The van der Waals surface area contributed by atoms with Crippen molar-refractivity contribution in [1.29, 1.82) is 0 Å². The number of carbonyl (C=O) groups is 1. The van der Waals surface area contributed by atoms with Gasteiger partial charge in [0.25, 0.3) is 5.91 Å². The van der Waals surface area contributed by atoms with Crippen molar-refractivity contribution in [2.45, 2.75) is 25.4 Å². The van der Waals surface area contributed by atoms with E-state index in [1.54, 1.807) is 0 Å². The zero-order valence-corrected chi connectivity index (χ0v) is 11.3. The first-order chi connectivity index (χ1) is 9.76. The van der Waals surface area contributed by atoms with E-state index in [4.69, 9.17) is 5.73 Å². The molecule has 0 saturated carbocycles. The molecule has 0 fully saturated rings. The fourth-order valence-electron chi connectivity index (χ4n) is 2.72. The van der Waals surface area contributed by atoms with Crippen LogP contribution >= 0.6 is 0 Å². The van der Waals surface area contributed by atoms with Crippen LogP contribution in [0.15, 0.2) is 48.5 Å². The van der Waals surface area contributed by atoms with Gasteiger partial charge in [-0.1, -0.05) is 36.4 Å². The molecular weight excluding hydrogens is 248 g/mol. The third-order valence-corrected chi connectivity index (χ3v) is 3.84. The van der Waals surface area contributed by atoms with Gasteiger partial charge in [-0.3, -0.25) is 4.79 Å². The zero-order chi connectivity index (χ0) is 13.9. The molecule has 3 heteroatoms. The van der Waals surface area contributed by atoms with Crippen LogP contribution in [0.4, 0.5) is 0 Å². The lowest BCUT2D eigenvalue weighted by Crippen LogP contribution is -2.35. The lowest BCUT2D eigenvalue weighted by atomic mass is 10.1. The van der Waals surface area contributed by atoms with Gasteiger partial charge in [0.1, 0.15) is 0 Å². The number of fused-ring (bicyclic) bond motifs is 1. The molecular formula is C17H18N2O. The predicted octanol–water partition coefficient (Wildman–Crippen LogP) is 2.04. The third-order valence-electron chi connectivity index (χ3n) is 3.84. The Kier molecular flexibility index (Phi) is 3.52. The molecule has 0 aromatic heterocycles. The number of benzene rings is 2. The molecule has 0 heterocycles. The highest BCUT2D eigenvalue weighted by molar-refractivity contribution is 5.94. The quantitative estimate of drug-likeness (QED) is 0.893. The Morgan fingerprint density at radius 2 is 1.65 bits per heavy atom. The van der Waals surface area contributed by atoms with Crippen LogP contribution in [0.1, 0.15) is 27.0 Å². The van der Waals surface area contributed by atoms with Crippen molar-refractivity contribution in [2.75, 3.05) is 0 Å². The maximum atomic E-state index is 12.2. The molecule has 3 nitrogen and oxygen atoms in total. The van der Waals surface area contributed by atoms with Crippen molar-refractivity contribution >= 4 is 5.91 Å². The lowest BCUT2D eigenvalue weighted by Gasteiger charge is -2.12. The minimum atomic E-state index is -0.00798. The van der Waals surface area contributed by atoms with Gasteiger partial charge in [0.05, 0.1) is 0 Å². The van der Waals surface area contributed by atoms with Crippen LogP contribution in [0.25, 0.3) is 0 Å². The van der Waals surface area contributed by atoms with Gasteiger partial charge in [0, 0.05) is 18.2 Å². The van der Waals surface area contributed by atoms with Crippen molar-refractivity contribution in [2.24, 2.45) is 5.73 Å². The molecule has 0 aliphatic heterocycles. The van der Waals surface area contributed by atoms with Crippen molar-refractivity contribution in [3.8, 4) is 0 Å². The Bertz CT molecular complexity index is 594. The lowest BCUT2D eigenvalue weighted by molar-refractivity contribution is 0.0938. The van der Waals surface area contributed by atoms with Crippen molar-refractivity contribution < 1.29 is 4.79 Å². The minimum absolute atomic E-state index is 0.00798. The van der Waals surface area contributed by atoms with Gasteiger partial charge in [-0.2, -0.15) is 0 Å². The monoisotopic (exact) mass is 266 g/mol. The SMILES string of the molecule is NCc1ccc(C(=O)NC2Cc3ccccc3C2)cc1. The number of hydrogen-bond donors (Lipinski definition) is 2. The second-order valence-electron chi connectivity index (χ2n) is 5.25. The fraction of sp³-hybridized carbons (Fsp3) is 0.235. The Morgan fingerprint density at radius 1 is 1.05 bits per heavy atom. The first-order valence-corrected chi connectivity index (χ1v) is 6.93. The summed E-state index contributed by atoms with van der Waals surface area (Å²) in [5, 5.41) is 3.11. The second kappa shape index (κ2) is 5.47. The smallest absolute Gasteiger partial charge is 0.251 e. The van der Waals surface area contributed by atoms with Gasteiger partial charge in [-0.25, -0.2) is 0 Å². The van der Waals surface area contributed by atoms with Crippen LogP contribution < -0.4 is 11.1 Å². The van der Waals surface area contributed by atoms with Crippen molar-refractivity contribution in [3.05, 3.63) is 70.8 Å². The van der Waals surface area contributed by atoms with E-state index in [1.807, 2.05) is 24.3 Å². The normalized spacial score (nSPS) is 14.1. The molecule has 0 unspecified atom stereocenters. The van der Waals surface area contributed by atoms with Crippen LogP contribution in [-0.4, -0.2) is 11.9 Å². The summed E-state index contributed by atoms with van der Waals surface area (Å²) in [7, 11) is 0. The largest absolute Gasteiger partial charge is 0.349 e. The van der Waals surface area contributed by atoms with Gasteiger partial charge in [-0.15, -0.1) is 0 Å². The third kappa shape index (κ3) is 2.58. The Balaban J connectivity index is 1.65. The van der Waals surface area contributed by atoms with Gasteiger partial charge >= 0.3 is 0 Å². The van der Waals surface area contributed by atoms with Crippen LogP contribution in [0, 0.1) is 0 Å². The average Bonchev–Trinajstić information content (AvgIpc) is 2.89. The number of carbonyl (C=O) groups excluding carboxylic acids is 1.